The van der Waals surface area contributed by atoms with Gasteiger partial charge in [0.25, 0.3) is 0 Å². The van der Waals surface area contributed by atoms with Crippen LogP contribution in [0.2, 0.25) is 0 Å². The molecule has 0 radical (unpaired) electrons. The molecule has 3 N–H and O–H groups in total. The molecule has 17 heavy (non-hydrogen) atoms. The van der Waals surface area contributed by atoms with Gasteiger partial charge in [-0.1, -0.05) is 6.92 Å². The zero-order valence-electron chi connectivity index (χ0n) is 11.4. The molecule has 0 heterocycles. The van der Waals surface area contributed by atoms with Gasteiger partial charge in [-0.05, 0) is 57.8 Å². The second-order valence-electron chi connectivity index (χ2n) is 5.15. The Labute approximate surface area is 106 Å². The van der Waals surface area contributed by atoms with E-state index in [1.807, 2.05) is 7.05 Å². The molecule has 1 atom stereocenters. The lowest BCUT2D eigenvalue weighted by Gasteiger charge is -2.13. The summed E-state index contributed by atoms with van der Waals surface area (Å²) in [6, 6.07) is 0. The van der Waals surface area contributed by atoms with Crippen molar-refractivity contribution in [3.8, 4) is 0 Å². The maximum absolute atomic E-state index is 5.40. The molecule has 4 nitrogen and oxygen atoms in total. The smallest absolute Gasteiger partial charge is 0.0965 e. The number of hydrogen-bond acceptors (Lipinski definition) is 4. The average molecular weight is 243 g/mol. The van der Waals surface area contributed by atoms with E-state index in [-0.39, 0.29) is 0 Å². The predicted octanol–water partition coefficient (Wildman–Crippen LogP) is 0.795. The summed E-state index contributed by atoms with van der Waals surface area (Å²) >= 11 is 0. The summed E-state index contributed by atoms with van der Waals surface area (Å²) < 4.78 is 5.40. The Morgan fingerprint density at radius 1 is 1.24 bits per heavy atom. The van der Waals surface area contributed by atoms with Crippen molar-refractivity contribution in [1.29, 1.82) is 0 Å². The van der Waals surface area contributed by atoms with Gasteiger partial charge >= 0.3 is 0 Å². The molecular formula is C13H29N3O. The molecule has 102 valence electrons. The SMILES string of the molecule is CNCCOCNCC(C)CCNCC1CC1. The van der Waals surface area contributed by atoms with E-state index in [9.17, 15) is 0 Å². The third-order valence-corrected chi connectivity index (χ3v) is 3.14. The fraction of sp³-hybridized carbons (Fsp3) is 1.00. The minimum atomic E-state index is 0.668. The maximum Gasteiger partial charge on any atom is 0.0965 e. The third kappa shape index (κ3) is 9.53. The molecule has 1 rings (SSSR count). The lowest BCUT2D eigenvalue weighted by molar-refractivity contribution is 0.116. The summed E-state index contributed by atoms with van der Waals surface area (Å²) in [5.74, 6) is 1.71. The molecule has 0 aromatic carbocycles. The summed E-state index contributed by atoms with van der Waals surface area (Å²) in [6.07, 6.45) is 4.12. The molecule has 4 heteroatoms. The lowest BCUT2D eigenvalue weighted by atomic mass is 10.1. The zero-order valence-corrected chi connectivity index (χ0v) is 11.4. The van der Waals surface area contributed by atoms with Gasteiger partial charge in [-0.25, -0.2) is 0 Å². The largest absolute Gasteiger partial charge is 0.365 e. The van der Waals surface area contributed by atoms with Gasteiger partial charge in [0.15, 0.2) is 0 Å². The van der Waals surface area contributed by atoms with Crippen molar-refractivity contribution in [3.63, 3.8) is 0 Å². The normalized spacial score (nSPS) is 17.3. The number of likely N-dealkylation sites (N-methyl/N-ethyl adjacent to an activating group) is 1. The van der Waals surface area contributed by atoms with Crippen LogP contribution in [-0.4, -0.2) is 46.6 Å². The van der Waals surface area contributed by atoms with Crippen LogP contribution in [0.15, 0.2) is 0 Å². The van der Waals surface area contributed by atoms with Crippen molar-refractivity contribution in [1.82, 2.24) is 16.0 Å². The summed E-state index contributed by atoms with van der Waals surface area (Å²) in [7, 11) is 1.94. The topological polar surface area (TPSA) is 45.3 Å². The van der Waals surface area contributed by atoms with Gasteiger partial charge in [-0.3, -0.25) is 5.32 Å². The summed E-state index contributed by atoms with van der Waals surface area (Å²) in [6.45, 7) is 8.09. The Balaban J connectivity index is 1.75. The van der Waals surface area contributed by atoms with E-state index in [1.165, 1.54) is 25.8 Å². The number of hydrogen-bond donors (Lipinski definition) is 3. The van der Waals surface area contributed by atoms with E-state index >= 15 is 0 Å². The molecule has 1 saturated carbocycles. The molecule has 1 unspecified atom stereocenters. The van der Waals surface area contributed by atoms with E-state index in [0.29, 0.717) is 6.73 Å². The van der Waals surface area contributed by atoms with Gasteiger partial charge in [0.2, 0.25) is 0 Å². The molecule has 0 spiro atoms. The maximum atomic E-state index is 5.40. The van der Waals surface area contributed by atoms with Crippen LogP contribution in [0.1, 0.15) is 26.2 Å². The molecule has 0 aliphatic heterocycles. The Morgan fingerprint density at radius 2 is 2.06 bits per heavy atom. The Morgan fingerprint density at radius 3 is 2.76 bits per heavy atom. The van der Waals surface area contributed by atoms with Crippen molar-refractivity contribution in [2.45, 2.75) is 26.2 Å². The van der Waals surface area contributed by atoms with E-state index in [1.54, 1.807) is 0 Å². The van der Waals surface area contributed by atoms with Gasteiger partial charge in [0.05, 0.1) is 13.3 Å². The summed E-state index contributed by atoms with van der Waals surface area (Å²) in [4.78, 5) is 0. The van der Waals surface area contributed by atoms with E-state index in [4.69, 9.17) is 4.74 Å². The van der Waals surface area contributed by atoms with Crippen molar-refractivity contribution in [2.75, 3.05) is 46.6 Å². The second-order valence-corrected chi connectivity index (χ2v) is 5.15. The average Bonchev–Trinajstić information content (AvgIpc) is 3.13. The minimum absolute atomic E-state index is 0.668. The summed E-state index contributed by atoms with van der Waals surface area (Å²) in [5, 5.41) is 9.91. The Hall–Kier alpha value is -0.160. The van der Waals surface area contributed by atoms with Crippen LogP contribution in [0, 0.1) is 11.8 Å². The highest BCUT2D eigenvalue weighted by Crippen LogP contribution is 2.27. The number of rotatable bonds is 12. The number of ether oxygens (including phenoxy) is 1. The minimum Gasteiger partial charge on any atom is -0.365 e. The molecule has 1 fully saturated rings. The molecule has 0 bridgehead atoms. The lowest BCUT2D eigenvalue weighted by Crippen LogP contribution is -2.28. The van der Waals surface area contributed by atoms with Gasteiger partial charge in [-0.2, -0.15) is 0 Å². The van der Waals surface area contributed by atoms with Crippen LogP contribution >= 0.6 is 0 Å². The van der Waals surface area contributed by atoms with E-state index < -0.39 is 0 Å². The van der Waals surface area contributed by atoms with E-state index in [0.717, 1.165) is 38.1 Å². The van der Waals surface area contributed by atoms with Crippen molar-refractivity contribution in [2.24, 2.45) is 11.8 Å². The standard InChI is InChI=1S/C13H29N3O/c1-12(5-6-15-10-13-3-4-13)9-16-11-17-8-7-14-2/h12-16H,3-11H2,1-2H3. The van der Waals surface area contributed by atoms with Crippen molar-refractivity contribution >= 4 is 0 Å². The first-order valence-electron chi connectivity index (χ1n) is 6.96. The van der Waals surface area contributed by atoms with E-state index in [2.05, 4.69) is 22.9 Å². The monoisotopic (exact) mass is 243 g/mol. The second kappa shape index (κ2) is 9.83. The molecule has 0 aromatic rings. The van der Waals surface area contributed by atoms with Crippen LogP contribution in [0.4, 0.5) is 0 Å². The molecular weight excluding hydrogens is 214 g/mol. The van der Waals surface area contributed by atoms with Crippen LogP contribution in [0.3, 0.4) is 0 Å². The quantitative estimate of drug-likeness (QED) is 0.350. The zero-order chi connectivity index (χ0) is 12.3. The highest BCUT2D eigenvalue weighted by molar-refractivity contribution is 4.75. The predicted molar refractivity (Wildman–Crippen MR) is 72.1 cm³/mol. The number of nitrogens with one attached hydrogen (secondary N) is 3. The molecule has 0 saturated heterocycles. The first-order valence-corrected chi connectivity index (χ1v) is 6.96. The van der Waals surface area contributed by atoms with Gasteiger partial charge < -0.3 is 15.4 Å². The van der Waals surface area contributed by atoms with Gasteiger partial charge in [-0.15, -0.1) is 0 Å². The van der Waals surface area contributed by atoms with Crippen LogP contribution in [0.25, 0.3) is 0 Å². The highest BCUT2D eigenvalue weighted by atomic mass is 16.5. The van der Waals surface area contributed by atoms with Crippen LogP contribution in [-0.2, 0) is 4.74 Å². The van der Waals surface area contributed by atoms with Crippen molar-refractivity contribution < 1.29 is 4.74 Å². The van der Waals surface area contributed by atoms with Crippen LogP contribution in [0.5, 0.6) is 0 Å². The molecule has 1 aliphatic carbocycles. The molecule has 0 aromatic heterocycles. The summed E-state index contributed by atoms with van der Waals surface area (Å²) in [5.41, 5.74) is 0. The molecule has 1 aliphatic rings. The van der Waals surface area contributed by atoms with Gasteiger partial charge in [0.1, 0.15) is 0 Å². The van der Waals surface area contributed by atoms with Crippen molar-refractivity contribution in [3.05, 3.63) is 0 Å². The highest BCUT2D eigenvalue weighted by Gasteiger charge is 2.19. The fourth-order valence-electron chi connectivity index (χ4n) is 1.70. The first kappa shape index (κ1) is 14.9. The van der Waals surface area contributed by atoms with Gasteiger partial charge in [0, 0.05) is 6.54 Å². The van der Waals surface area contributed by atoms with Crippen LogP contribution < -0.4 is 16.0 Å². The molecule has 0 amide bonds. The third-order valence-electron chi connectivity index (χ3n) is 3.14. The Kier molecular flexibility index (Phi) is 8.61. The fourth-order valence-corrected chi connectivity index (χ4v) is 1.70. The Bertz CT molecular complexity index is 174. The first-order chi connectivity index (χ1) is 8.33.